The van der Waals surface area contributed by atoms with Crippen molar-refractivity contribution in [2.45, 2.75) is 37.6 Å². The molecule has 0 spiro atoms. The van der Waals surface area contributed by atoms with E-state index in [0.29, 0.717) is 18.5 Å². The van der Waals surface area contributed by atoms with Gasteiger partial charge in [0.1, 0.15) is 16.7 Å². The van der Waals surface area contributed by atoms with Gasteiger partial charge >= 0.3 is 5.97 Å². The van der Waals surface area contributed by atoms with Gasteiger partial charge in [0.2, 0.25) is 0 Å². The van der Waals surface area contributed by atoms with Crippen molar-refractivity contribution in [1.29, 1.82) is 0 Å². The maximum Gasteiger partial charge on any atom is 0.329 e. The fourth-order valence-corrected chi connectivity index (χ4v) is 3.38. The lowest BCUT2D eigenvalue weighted by Crippen LogP contribution is -2.57. The Morgan fingerprint density at radius 1 is 1.25 bits per heavy atom. The van der Waals surface area contributed by atoms with E-state index in [2.05, 4.69) is 4.98 Å². The Morgan fingerprint density at radius 2 is 1.96 bits per heavy atom. The largest absolute Gasteiger partial charge is 0.479 e. The molecule has 0 aromatic carbocycles. The van der Waals surface area contributed by atoms with Gasteiger partial charge in [-0.2, -0.15) is 0 Å². The first kappa shape index (κ1) is 16.2. The summed E-state index contributed by atoms with van der Waals surface area (Å²) in [7, 11) is 1.46. The Bertz CT molecular complexity index is 852. The number of rotatable bonds is 3. The highest BCUT2D eigenvalue weighted by Crippen LogP contribution is 2.33. The van der Waals surface area contributed by atoms with Gasteiger partial charge in [-0.05, 0) is 25.0 Å². The van der Waals surface area contributed by atoms with Crippen molar-refractivity contribution < 1.29 is 14.7 Å². The number of amides is 1. The zero-order valence-electron chi connectivity index (χ0n) is 13.4. The maximum absolute atomic E-state index is 12.8. The number of carboxylic acids is 1. The van der Waals surface area contributed by atoms with Crippen molar-refractivity contribution in [3.63, 3.8) is 0 Å². The quantitative estimate of drug-likeness (QED) is 0.922. The maximum atomic E-state index is 12.8. The number of hydrogen-bond donors (Lipinski definition) is 1. The molecule has 0 aliphatic heterocycles. The molecule has 24 heavy (non-hydrogen) atoms. The smallest absolute Gasteiger partial charge is 0.329 e. The van der Waals surface area contributed by atoms with Gasteiger partial charge in [0.15, 0.2) is 0 Å². The first-order valence-electron chi connectivity index (χ1n) is 7.95. The highest BCUT2D eigenvalue weighted by molar-refractivity contribution is 5.97. The number of aromatic nitrogens is 2. The summed E-state index contributed by atoms with van der Waals surface area (Å²) >= 11 is 0. The highest BCUT2D eigenvalue weighted by atomic mass is 16.4. The summed E-state index contributed by atoms with van der Waals surface area (Å²) in [6.07, 6.45) is 6.01. The third-order valence-corrected chi connectivity index (χ3v) is 4.87. The lowest BCUT2D eigenvalue weighted by atomic mass is 9.80. The molecule has 0 radical (unpaired) electrons. The summed E-state index contributed by atoms with van der Waals surface area (Å²) in [4.78, 5) is 42.6. The summed E-state index contributed by atoms with van der Waals surface area (Å²) in [5.41, 5.74) is -1.42. The molecule has 2 aromatic heterocycles. The normalized spacial score (nSPS) is 16.7. The van der Waals surface area contributed by atoms with Crippen molar-refractivity contribution in [3.8, 4) is 0 Å². The van der Waals surface area contributed by atoms with Gasteiger partial charge in [-0.15, -0.1) is 0 Å². The molecule has 1 fully saturated rings. The molecule has 126 valence electrons. The molecule has 1 aliphatic carbocycles. The minimum atomic E-state index is -1.25. The monoisotopic (exact) mass is 329 g/mol. The van der Waals surface area contributed by atoms with Crippen LogP contribution in [0.3, 0.4) is 0 Å². The van der Waals surface area contributed by atoms with E-state index < -0.39 is 23.0 Å². The summed E-state index contributed by atoms with van der Waals surface area (Å²) < 4.78 is 1.29. The van der Waals surface area contributed by atoms with Crippen LogP contribution in [0.25, 0.3) is 5.65 Å². The minimum Gasteiger partial charge on any atom is -0.479 e. The predicted octanol–water partition coefficient (Wildman–Crippen LogP) is 1.55. The van der Waals surface area contributed by atoms with Gasteiger partial charge in [-0.25, -0.2) is 9.78 Å². The van der Waals surface area contributed by atoms with E-state index in [1.165, 1.54) is 28.7 Å². The van der Waals surface area contributed by atoms with Crippen LogP contribution < -0.4 is 5.56 Å². The number of hydrogen-bond acceptors (Lipinski definition) is 4. The molecule has 2 heterocycles. The van der Waals surface area contributed by atoms with Crippen LogP contribution >= 0.6 is 0 Å². The van der Waals surface area contributed by atoms with Crippen LogP contribution in [0.1, 0.15) is 42.5 Å². The molecule has 1 amide bonds. The van der Waals surface area contributed by atoms with Gasteiger partial charge in [0.05, 0.1) is 0 Å². The van der Waals surface area contributed by atoms with Crippen molar-refractivity contribution in [2.24, 2.45) is 0 Å². The molecule has 2 aromatic rings. The summed E-state index contributed by atoms with van der Waals surface area (Å²) in [6, 6.07) is 5.09. The summed E-state index contributed by atoms with van der Waals surface area (Å²) in [5, 5.41) is 9.70. The number of likely N-dealkylation sites (N-methyl/N-ethyl adjacent to an activating group) is 1. The second kappa shape index (κ2) is 6.07. The van der Waals surface area contributed by atoms with Crippen LogP contribution in [0.4, 0.5) is 0 Å². The molecular formula is C17H19N3O4. The average Bonchev–Trinajstić information content (AvgIpc) is 2.61. The number of carbonyl (C=O) groups is 2. The topological polar surface area (TPSA) is 92.0 Å². The van der Waals surface area contributed by atoms with E-state index in [9.17, 15) is 19.5 Å². The molecule has 7 nitrogen and oxygen atoms in total. The molecule has 1 aliphatic rings. The van der Waals surface area contributed by atoms with Crippen LogP contribution in [-0.2, 0) is 4.79 Å². The molecular weight excluding hydrogens is 310 g/mol. The standard InChI is InChI=1S/C17H19N3O4/c1-19(17(16(23)24)8-4-2-5-9-17)14(21)12-11-18-13-7-3-6-10-20(13)15(12)22/h3,6-7,10-11H,2,4-5,8-9H2,1H3,(H,23,24). The number of aliphatic carboxylic acids is 1. The Hall–Kier alpha value is -2.70. The average molecular weight is 329 g/mol. The fourth-order valence-electron chi connectivity index (χ4n) is 3.38. The summed E-state index contributed by atoms with van der Waals surface area (Å²) in [5.74, 6) is -1.62. The number of pyridine rings is 1. The van der Waals surface area contributed by atoms with Crippen LogP contribution in [0.5, 0.6) is 0 Å². The van der Waals surface area contributed by atoms with Gasteiger partial charge in [0, 0.05) is 19.4 Å². The van der Waals surface area contributed by atoms with Crippen LogP contribution in [0.15, 0.2) is 35.4 Å². The van der Waals surface area contributed by atoms with E-state index >= 15 is 0 Å². The SMILES string of the molecule is CN(C(=O)c1cnc2ccccn2c1=O)C1(C(=O)O)CCCCC1. The van der Waals surface area contributed by atoms with Gasteiger partial charge in [0.25, 0.3) is 11.5 Å². The Balaban J connectivity index is 2.03. The minimum absolute atomic E-state index is 0.118. The molecule has 0 bridgehead atoms. The molecule has 1 saturated carbocycles. The van der Waals surface area contributed by atoms with Crippen LogP contribution in [-0.4, -0.2) is 43.9 Å². The summed E-state index contributed by atoms with van der Waals surface area (Å²) in [6.45, 7) is 0. The Morgan fingerprint density at radius 3 is 2.62 bits per heavy atom. The molecule has 0 unspecified atom stereocenters. The van der Waals surface area contributed by atoms with E-state index in [0.717, 1.165) is 19.3 Å². The van der Waals surface area contributed by atoms with Gasteiger partial charge in [-0.1, -0.05) is 25.3 Å². The van der Waals surface area contributed by atoms with Crippen LogP contribution in [0, 0.1) is 0 Å². The Labute approximate surface area is 138 Å². The number of carboxylic acid groups (broad SMARTS) is 1. The predicted molar refractivity (Wildman–Crippen MR) is 87.0 cm³/mol. The van der Waals surface area contributed by atoms with E-state index in [1.807, 2.05) is 0 Å². The van der Waals surface area contributed by atoms with E-state index in [1.54, 1.807) is 18.2 Å². The first-order valence-corrected chi connectivity index (χ1v) is 7.95. The lowest BCUT2D eigenvalue weighted by Gasteiger charge is -2.40. The zero-order chi connectivity index (χ0) is 17.3. The zero-order valence-corrected chi connectivity index (χ0v) is 13.4. The van der Waals surface area contributed by atoms with E-state index in [4.69, 9.17) is 0 Å². The second-order valence-corrected chi connectivity index (χ2v) is 6.17. The number of carbonyl (C=O) groups excluding carboxylic acids is 1. The Kier molecular flexibility index (Phi) is 4.09. The molecule has 0 saturated heterocycles. The first-order chi connectivity index (χ1) is 11.5. The van der Waals surface area contributed by atoms with Crippen molar-refractivity contribution in [1.82, 2.24) is 14.3 Å². The number of fused-ring (bicyclic) bond motifs is 1. The third-order valence-electron chi connectivity index (χ3n) is 4.87. The van der Waals surface area contributed by atoms with Gasteiger partial charge in [-0.3, -0.25) is 14.0 Å². The molecule has 3 rings (SSSR count). The van der Waals surface area contributed by atoms with Crippen LogP contribution in [0.2, 0.25) is 0 Å². The van der Waals surface area contributed by atoms with Crippen molar-refractivity contribution in [2.75, 3.05) is 7.05 Å². The lowest BCUT2D eigenvalue weighted by molar-refractivity contribution is -0.151. The fraction of sp³-hybridized carbons (Fsp3) is 0.412. The molecule has 7 heteroatoms. The van der Waals surface area contributed by atoms with Crippen molar-refractivity contribution in [3.05, 3.63) is 46.5 Å². The number of nitrogens with zero attached hydrogens (tertiary/aromatic N) is 3. The van der Waals surface area contributed by atoms with E-state index in [-0.39, 0.29) is 5.56 Å². The molecule has 0 atom stereocenters. The van der Waals surface area contributed by atoms with Crippen molar-refractivity contribution >= 4 is 17.5 Å². The second-order valence-electron chi connectivity index (χ2n) is 6.17. The van der Waals surface area contributed by atoms with Gasteiger partial charge < -0.3 is 10.0 Å². The molecule has 1 N–H and O–H groups in total. The third kappa shape index (κ3) is 2.46. The highest BCUT2D eigenvalue weighted by Gasteiger charge is 2.46.